The lowest BCUT2D eigenvalue weighted by molar-refractivity contribution is -0.384. The van der Waals surface area contributed by atoms with Gasteiger partial charge in [-0.05, 0) is 37.8 Å². The van der Waals surface area contributed by atoms with E-state index in [4.69, 9.17) is 4.74 Å². The van der Waals surface area contributed by atoms with Crippen molar-refractivity contribution >= 4 is 23.4 Å². The topological polar surface area (TPSA) is 114 Å². The first-order valence-electron chi connectivity index (χ1n) is 10.1. The lowest BCUT2D eigenvalue weighted by atomic mass is 9.95. The van der Waals surface area contributed by atoms with Crippen LogP contribution >= 0.6 is 0 Å². The molecule has 10 nitrogen and oxygen atoms in total. The molecule has 10 heteroatoms. The molecule has 1 atom stereocenters. The summed E-state index contributed by atoms with van der Waals surface area (Å²) in [7, 11) is 0. The summed E-state index contributed by atoms with van der Waals surface area (Å²) in [4.78, 5) is 36.2. The summed E-state index contributed by atoms with van der Waals surface area (Å²) in [6.07, 6.45) is 4.79. The Bertz CT molecular complexity index is 997. The van der Waals surface area contributed by atoms with Crippen LogP contribution in [0.15, 0.2) is 30.6 Å². The van der Waals surface area contributed by atoms with Crippen LogP contribution < -0.4 is 15.0 Å². The number of aromatic nitrogens is 2. The van der Waals surface area contributed by atoms with E-state index in [1.54, 1.807) is 6.33 Å². The number of nitro groups is 1. The van der Waals surface area contributed by atoms with E-state index in [2.05, 4.69) is 20.2 Å². The minimum atomic E-state index is -0.479. The molecular formula is C20H22N6O4. The van der Waals surface area contributed by atoms with Crippen LogP contribution in [-0.2, 0) is 6.42 Å². The van der Waals surface area contributed by atoms with Gasteiger partial charge >= 0.3 is 6.09 Å². The zero-order valence-electron chi connectivity index (χ0n) is 16.4. The maximum absolute atomic E-state index is 12.9. The van der Waals surface area contributed by atoms with E-state index >= 15 is 0 Å². The summed E-state index contributed by atoms with van der Waals surface area (Å²) < 4.78 is 5.54. The van der Waals surface area contributed by atoms with Crippen molar-refractivity contribution in [3.05, 3.63) is 46.3 Å². The van der Waals surface area contributed by atoms with E-state index in [1.165, 1.54) is 24.3 Å². The third kappa shape index (κ3) is 3.08. The Balaban J connectivity index is 1.32. The minimum Gasteiger partial charge on any atom is -0.410 e. The van der Waals surface area contributed by atoms with Gasteiger partial charge in [-0.15, -0.1) is 0 Å². The number of benzene rings is 1. The quantitative estimate of drug-likeness (QED) is 0.607. The van der Waals surface area contributed by atoms with Crippen LogP contribution in [0.3, 0.4) is 0 Å². The van der Waals surface area contributed by atoms with Gasteiger partial charge in [0, 0.05) is 43.9 Å². The molecule has 1 N–H and O–H groups in total. The molecule has 3 aliphatic rings. The number of likely N-dealkylation sites (tertiary alicyclic amines) is 1. The molecule has 5 rings (SSSR count). The fraction of sp³-hybridized carbons (Fsp3) is 0.450. The Labute approximate surface area is 173 Å². The van der Waals surface area contributed by atoms with E-state index in [0.717, 1.165) is 56.0 Å². The van der Waals surface area contributed by atoms with Crippen molar-refractivity contribution < 1.29 is 14.5 Å². The molecule has 3 aliphatic heterocycles. The van der Waals surface area contributed by atoms with Crippen LogP contribution in [0.25, 0.3) is 0 Å². The fourth-order valence-electron chi connectivity index (χ4n) is 4.84. The number of hydrogen-bond donors (Lipinski definition) is 1. The number of ether oxygens (including phenoxy) is 1. The molecule has 1 amide bonds. The fourth-order valence-corrected chi connectivity index (χ4v) is 4.84. The molecule has 1 spiro atoms. The van der Waals surface area contributed by atoms with Crippen LogP contribution in [0.1, 0.15) is 24.8 Å². The first kappa shape index (κ1) is 18.6. The van der Waals surface area contributed by atoms with Crippen molar-refractivity contribution in [2.24, 2.45) is 0 Å². The Kier molecular flexibility index (Phi) is 4.41. The SMILES string of the molecule is O=C(Oc1ccc([N+](=O)[O-])cc1)N1CCCC12CCN(c1ncnc3c1CCN3)C2. The Morgan fingerprint density at radius 1 is 1.20 bits per heavy atom. The van der Waals surface area contributed by atoms with Crippen molar-refractivity contribution in [1.82, 2.24) is 14.9 Å². The summed E-state index contributed by atoms with van der Waals surface area (Å²) in [6, 6.07) is 5.58. The predicted octanol–water partition coefficient (Wildman–Crippen LogP) is 2.60. The molecule has 1 aromatic heterocycles. The predicted molar refractivity (Wildman–Crippen MR) is 109 cm³/mol. The summed E-state index contributed by atoms with van der Waals surface area (Å²) >= 11 is 0. The van der Waals surface area contributed by atoms with Crippen molar-refractivity contribution in [3.63, 3.8) is 0 Å². The molecule has 1 unspecified atom stereocenters. The van der Waals surface area contributed by atoms with Crippen LogP contribution in [-0.4, -0.2) is 57.6 Å². The van der Waals surface area contributed by atoms with E-state index in [1.807, 2.05) is 4.90 Å². The standard InChI is InChI=1S/C20H22N6O4/c27-19(30-15-4-2-14(3-5-15)26(28)29)25-10-1-7-20(25)8-11-24(12-20)18-16-6-9-21-17(16)22-13-23-18/h2-5,13H,1,6-12H2,(H,21,22,23). The second-order valence-corrected chi connectivity index (χ2v) is 7.97. The molecule has 4 heterocycles. The third-order valence-electron chi connectivity index (χ3n) is 6.29. The van der Waals surface area contributed by atoms with Gasteiger partial charge in [-0.3, -0.25) is 10.1 Å². The number of nitrogens with one attached hydrogen (secondary N) is 1. The second kappa shape index (κ2) is 7.12. The average Bonchev–Trinajstić information content (AvgIpc) is 3.48. The number of carbonyl (C=O) groups excluding carboxylic acids is 1. The second-order valence-electron chi connectivity index (χ2n) is 7.97. The van der Waals surface area contributed by atoms with Crippen molar-refractivity contribution in [1.29, 1.82) is 0 Å². The van der Waals surface area contributed by atoms with Gasteiger partial charge in [0.25, 0.3) is 5.69 Å². The summed E-state index contributed by atoms with van der Waals surface area (Å²) in [5.41, 5.74) is 0.833. The van der Waals surface area contributed by atoms with Crippen molar-refractivity contribution in [2.75, 3.05) is 36.4 Å². The van der Waals surface area contributed by atoms with E-state index in [9.17, 15) is 14.9 Å². The highest BCUT2D eigenvalue weighted by molar-refractivity contribution is 5.73. The smallest absolute Gasteiger partial charge is 0.410 e. The van der Waals surface area contributed by atoms with E-state index < -0.39 is 11.0 Å². The molecule has 1 aromatic carbocycles. The van der Waals surface area contributed by atoms with Gasteiger partial charge in [-0.2, -0.15) is 0 Å². The van der Waals surface area contributed by atoms with Crippen LogP contribution in [0, 0.1) is 10.1 Å². The molecule has 0 bridgehead atoms. The lowest BCUT2D eigenvalue weighted by Gasteiger charge is -2.34. The number of nitro benzene ring substituents is 1. The molecule has 0 aliphatic carbocycles. The van der Waals surface area contributed by atoms with Gasteiger partial charge in [0.05, 0.1) is 10.5 Å². The van der Waals surface area contributed by atoms with Crippen LogP contribution in [0.5, 0.6) is 5.75 Å². The zero-order valence-corrected chi connectivity index (χ0v) is 16.4. The summed E-state index contributed by atoms with van der Waals surface area (Å²) in [6.45, 7) is 3.05. The van der Waals surface area contributed by atoms with Gasteiger partial charge in [0.1, 0.15) is 23.7 Å². The minimum absolute atomic E-state index is 0.0363. The van der Waals surface area contributed by atoms with Gasteiger partial charge in [-0.25, -0.2) is 14.8 Å². The zero-order chi connectivity index (χ0) is 20.7. The van der Waals surface area contributed by atoms with Crippen LogP contribution in [0.2, 0.25) is 0 Å². The molecular weight excluding hydrogens is 388 g/mol. The average molecular weight is 410 g/mol. The molecule has 2 aromatic rings. The van der Waals surface area contributed by atoms with Gasteiger partial charge in [0.15, 0.2) is 0 Å². The number of non-ortho nitro benzene ring substituents is 1. The number of fused-ring (bicyclic) bond motifs is 1. The molecule has 2 saturated heterocycles. The highest BCUT2D eigenvalue weighted by Gasteiger charge is 2.49. The molecule has 156 valence electrons. The van der Waals surface area contributed by atoms with Gasteiger partial charge < -0.3 is 19.9 Å². The molecule has 0 radical (unpaired) electrons. The Hall–Kier alpha value is -3.43. The summed E-state index contributed by atoms with van der Waals surface area (Å²) in [5, 5.41) is 14.1. The third-order valence-corrected chi connectivity index (χ3v) is 6.29. The summed E-state index contributed by atoms with van der Waals surface area (Å²) in [5.74, 6) is 2.17. The van der Waals surface area contributed by atoms with Crippen LogP contribution in [0.4, 0.5) is 22.1 Å². The maximum Gasteiger partial charge on any atom is 0.415 e. The molecule has 30 heavy (non-hydrogen) atoms. The normalized spacial score (nSPS) is 22.3. The lowest BCUT2D eigenvalue weighted by Crippen LogP contribution is -2.50. The number of carbonyl (C=O) groups is 1. The van der Waals surface area contributed by atoms with Gasteiger partial charge in [-0.1, -0.05) is 0 Å². The van der Waals surface area contributed by atoms with Gasteiger partial charge in [0.2, 0.25) is 0 Å². The number of nitrogens with zero attached hydrogens (tertiary/aromatic N) is 5. The maximum atomic E-state index is 12.9. The first-order valence-corrected chi connectivity index (χ1v) is 10.1. The number of rotatable bonds is 3. The Morgan fingerprint density at radius 2 is 2.03 bits per heavy atom. The number of hydrogen-bond acceptors (Lipinski definition) is 8. The van der Waals surface area contributed by atoms with E-state index in [-0.39, 0.29) is 11.2 Å². The van der Waals surface area contributed by atoms with Crippen molar-refractivity contribution in [3.8, 4) is 5.75 Å². The highest BCUT2D eigenvalue weighted by atomic mass is 16.6. The molecule has 2 fully saturated rings. The van der Waals surface area contributed by atoms with E-state index in [0.29, 0.717) is 18.8 Å². The van der Waals surface area contributed by atoms with Crippen molar-refractivity contribution in [2.45, 2.75) is 31.2 Å². The highest BCUT2D eigenvalue weighted by Crippen LogP contribution is 2.41. The largest absolute Gasteiger partial charge is 0.415 e. The first-order chi connectivity index (χ1) is 14.6. The Morgan fingerprint density at radius 3 is 2.83 bits per heavy atom. The number of anilines is 2. The monoisotopic (exact) mass is 410 g/mol. The molecule has 0 saturated carbocycles. The number of amides is 1.